The summed E-state index contributed by atoms with van der Waals surface area (Å²) < 4.78 is 2.64. The summed E-state index contributed by atoms with van der Waals surface area (Å²) in [6.45, 7) is 1.60. The van der Waals surface area contributed by atoms with Crippen molar-refractivity contribution in [2.24, 2.45) is 0 Å². The van der Waals surface area contributed by atoms with Gasteiger partial charge < -0.3 is 5.32 Å². The largest absolute Gasteiger partial charge is 0.300 e. The van der Waals surface area contributed by atoms with Crippen molar-refractivity contribution in [1.82, 2.24) is 29.5 Å². The van der Waals surface area contributed by atoms with E-state index in [1.807, 2.05) is 17.5 Å². The van der Waals surface area contributed by atoms with Crippen molar-refractivity contribution in [3.05, 3.63) is 70.9 Å². The van der Waals surface area contributed by atoms with E-state index in [-0.39, 0.29) is 11.5 Å². The molecule has 0 aliphatic rings. The highest BCUT2D eigenvalue weighted by Gasteiger charge is 2.19. The van der Waals surface area contributed by atoms with Gasteiger partial charge in [0.05, 0.1) is 5.69 Å². The van der Waals surface area contributed by atoms with Crippen molar-refractivity contribution in [1.29, 1.82) is 0 Å². The van der Waals surface area contributed by atoms with E-state index in [0.29, 0.717) is 10.9 Å². The first-order valence-corrected chi connectivity index (χ1v) is 9.26. The van der Waals surface area contributed by atoms with Gasteiger partial charge in [-0.1, -0.05) is 0 Å². The molecule has 0 saturated carbocycles. The standard InChI is InChI=1S/C18H15N7O2S/c1-12(25-16(26)6-5-15(23-25)24-9-3-8-20-24)17(27)22-18-21-14(11-28-18)13-4-2-7-19-10-13/h2-12H,1H3,(H,21,22,27). The zero-order valence-electron chi connectivity index (χ0n) is 14.8. The van der Waals surface area contributed by atoms with E-state index in [1.54, 1.807) is 43.8 Å². The van der Waals surface area contributed by atoms with Crippen molar-refractivity contribution in [2.75, 3.05) is 5.32 Å². The predicted octanol–water partition coefficient (Wildman–Crippen LogP) is 2.15. The van der Waals surface area contributed by atoms with Gasteiger partial charge in [-0.05, 0) is 31.2 Å². The molecule has 10 heteroatoms. The minimum atomic E-state index is -0.825. The molecule has 0 saturated heterocycles. The van der Waals surface area contributed by atoms with Crippen molar-refractivity contribution in [3.8, 4) is 17.1 Å². The van der Waals surface area contributed by atoms with Crippen molar-refractivity contribution < 1.29 is 4.79 Å². The Morgan fingerprint density at radius 3 is 2.86 bits per heavy atom. The number of hydrogen-bond acceptors (Lipinski definition) is 7. The lowest BCUT2D eigenvalue weighted by Gasteiger charge is -2.13. The highest BCUT2D eigenvalue weighted by Crippen LogP contribution is 2.24. The molecular weight excluding hydrogens is 378 g/mol. The molecule has 140 valence electrons. The highest BCUT2D eigenvalue weighted by molar-refractivity contribution is 7.14. The summed E-state index contributed by atoms with van der Waals surface area (Å²) in [6, 6.07) is 7.54. The molecule has 1 unspecified atom stereocenters. The van der Waals surface area contributed by atoms with E-state index in [2.05, 4.69) is 25.5 Å². The van der Waals surface area contributed by atoms with Gasteiger partial charge in [-0.2, -0.15) is 5.10 Å². The van der Waals surface area contributed by atoms with Crippen LogP contribution in [-0.2, 0) is 4.79 Å². The molecule has 0 aliphatic carbocycles. The van der Waals surface area contributed by atoms with E-state index < -0.39 is 6.04 Å². The molecule has 0 fully saturated rings. The number of aromatic nitrogens is 6. The zero-order chi connectivity index (χ0) is 19.5. The Labute approximate surface area is 163 Å². The van der Waals surface area contributed by atoms with Gasteiger partial charge >= 0.3 is 0 Å². The van der Waals surface area contributed by atoms with E-state index in [4.69, 9.17) is 0 Å². The highest BCUT2D eigenvalue weighted by atomic mass is 32.1. The Kier molecular flexibility index (Phi) is 4.77. The Hall–Kier alpha value is -3.66. The first-order valence-electron chi connectivity index (χ1n) is 8.38. The van der Waals surface area contributed by atoms with Crippen LogP contribution in [0.4, 0.5) is 5.13 Å². The monoisotopic (exact) mass is 393 g/mol. The third-order valence-corrected chi connectivity index (χ3v) is 4.75. The van der Waals surface area contributed by atoms with E-state index in [1.165, 1.54) is 22.1 Å². The molecule has 4 aromatic rings. The molecule has 0 spiro atoms. The molecule has 1 N–H and O–H groups in total. The van der Waals surface area contributed by atoms with Gasteiger partial charge in [0.2, 0.25) is 0 Å². The first kappa shape index (κ1) is 17.7. The quantitative estimate of drug-likeness (QED) is 0.557. The number of carbonyl (C=O) groups excluding carboxylic acids is 1. The number of amides is 1. The van der Waals surface area contributed by atoms with Gasteiger partial charge in [0.1, 0.15) is 6.04 Å². The lowest BCUT2D eigenvalue weighted by atomic mass is 10.2. The summed E-state index contributed by atoms with van der Waals surface area (Å²) in [7, 11) is 0. The van der Waals surface area contributed by atoms with E-state index in [9.17, 15) is 9.59 Å². The number of nitrogens with one attached hydrogen (secondary N) is 1. The predicted molar refractivity (Wildman–Crippen MR) is 104 cm³/mol. The third kappa shape index (κ3) is 3.58. The van der Waals surface area contributed by atoms with Crippen LogP contribution in [0.3, 0.4) is 0 Å². The van der Waals surface area contributed by atoms with Gasteiger partial charge in [-0.3, -0.25) is 14.6 Å². The van der Waals surface area contributed by atoms with Gasteiger partial charge in [0.25, 0.3) is 11.5 Å². The van der Waals surface area contributed by atoms with Gasteiger partial charge in [0.15, 0.2) is 10.9 Å². The Balaban J connectivity index is 1.54. The second-order valence-electron chi connectivity index (χ2n) is 5.87. The van der Waals surface area contributed by atoms with E-state index >= 15 is 0 Å². The smallest absolute Gasteiger partial charge is 0.267 e. The summed E-state index contributed by atoms with van der Waals surface area (Å²) in [4.78, 5) is 33.3. The average Bonchev–Trinajstić information content (AvgIpc) is 3.41. The molecule has 4 aromatic heterocycles. The average molecular weight is 393 g/mol. The Morgan fingerprint density at radius 1 is 1.21 bits per heavy atom. The summed E-state index contributed by atoms with van der Waals surface area (Å²) in [6.07, 6.45) is 6.70. The van der Waals surface area contributed by atoms with Crippen LogP contribution < -0.4 is 10.9 Å². The van der Waals surface area contributed by atoms with Gasteiger partial charge in [-0.25, -0.2) is 14.3 Å². The number of carbonyl (C=O) groups is 1. The molecule has 1 atom stereocenters. The molecule has 0 aromatic carbocycles. The number of nitrogens with zero attached hydrogens (tertiary/aromatic N) is 6. The molecule has 0 aliphatic heterocycles. The molecule has 4 heterocycles. The fraction of sp³-hybridized carbons (Fsp3) is 0.111. The fourth-order valence-corrected chi connectivity index (χ4v) is 3.24. The molecule has 0 radical (unpaired) electrons. The lowest BCUT2D eigenvalue weighted by molar-refractivity contribution is -0.119. The molecule has 4 rings (SSSR count). The number of thiazole rings is 1. The minimum Gasteiger partial charge on any atom is -0.300 e. The topological polar surface area (TPSA) is 108 Å². The fourth-order valence-electron chi connectivity index (χ4n) is 2.52. The van der Waals surface area contributed by atoms with Crippen LogP contribution in [0.25, 0.3) is 17.1 Å². The molecule has 9 nitrogen and oxygen atoms in total. The maximum absolute atomic E-state index is 12.6. The molecule has 28 heavy (non-hydrogen) atoms. The number of rotatable bonds is 5. The number of hydrogen-bond donors (Lipinski definition) is 1. The SMILES string of the molecule is CC(C(=O)Nc1nc(-c2cccnc2)cs1)n1nc(-n2cccn2)ccc1=O. The zero-order valence-corrected chi connectivity index (χ0v) is 15.6. The van der Waals surface area contributed by atoms with Crippen molar-refractivity contribution in [3.63, 3.8) is 0 Å². The van der Waals surface area contributed by atoms with Crippen LogP contribution in [0.2, 0.25) is 0 Å². The maximum atomic E-state index is 12.6. The normalized spacial score (nSPS) is 11.9. The second kappa shape index (κ2) is 7.53. The molecule has 0 bridgehead atoms. The van der Waals surface area contributed by atoms with Crippen molar-refractivity contribution >= 4 is 22.4 Å². The first-order chi connectivity index (χ1) is 13.6. The third-order valence-electron chi connectivity index (χ3n) is 3.99. The van der Waals surface area contributed by atoms with Crippen LogP contribution in [0.15, 0.2) is 65.3 Å². The summed E-state index contributed by atoms with van der Waals surface area (Å²) >= 11 is 1.30. The van der Waals surface area contributed by atoms with Gasteiger partial charge in [0, 0.05) is 41.8 Å². The summed E-state index contributed by atoms with van der Waals surface area (Å²) in [5.74, 6) is 0.0525. The second-order valence-corrected chi connectivity index (χ2v) is 6.73. The minimum absolute atomic E-state index is 0.381. The molecule has 1 amide bonds. The van der Waals surface area contributed by atoms with Crippen LogP contribution in [0.5, 0.6) is 0 Å². The maximum Gasteiger partial charge on any atom is 0.267 e. The van der Waals surface area contributed by atoms with E-state index in [0.717, 1.165) is 15.9 Å². The molecular formula is C18H15N7O2S. The Morgan fingerprint density at radius 2 is 2.11 bits per heavy atom. The van der Waals surface area contributed by atoms with Crippen LogP contribution >= 0.6 is 11.3 Å². The summed E-state index contributed by atoms with van der Waals surface area (Å²) in [5.41, 5.74) is 1.20. The van der Waals surface area contributed by atoms with Crippen molar-refractivity contribution in [2.45, 2.75) is 13.0 Å². The van der Waals surface area contributed by atoms with Crippen LogP contribution in [0.1, 0.15) is 13.0 Å². The van der Waals surface area contributed by atoms with Gasteiger partial charge in [-0.15, -0.1) is 16.4 Å². The Bertz CT molecular complexity index is 1150. The number of pyridine rings is 1. The summed E-state index contributed by atoms with van der Waals surface area (Å²) in [5, 5.41) is 13.3. The lowest BCUT2D eigenvalue weighted by Crippen LogP contribution is -2.33. The number of anilines is 1. The van der Waals surface area contributed by atoms with Crippen LogP contribution in [0, 0.1) is 0 Å². The van der Waals surface area contributed by atoms with Crippen LogP contribution in [-0.4, -0.2) is 35.4 Å².